The van der Waals surface area contributed by atoms with E-state index in [1.54, 1.807) is 46.8 Å². The van der Waals surface area contributed by atoms with Gasteiger partial charge in [-0.15, -0.1) is 0 Å². The van der Waals surface area contributed by atoms with Gasteiger partial charge in [0.2, 0.25) is 11.8 Å². The number of urea groups is 1. The molecule has 2 aromatic rings. The van der Waals surface area contributed by atoms with Crippen LogP contribution in [0, 0.1) is 11.8 Å². The van der Waals surface area contributed by atoms with Crippen molar-refractivity contribution in [2.75, 3.05) is 25.5 Å². The molecule has 0 bridgehead atoms. The van der Waals surface area contributed by atoms with Gasteiger partial charge in [-0.25, -0.2) is 9.59 Å². The van der Waals surface area contributed by atoms with Crippen molar-refractivity contribution >= 4 is 35.6 Å². The third kappa shape index (κ3) is 15.3. The Morgan fingerprint density at radius 2 is 1.48 bits per heavy atom. The Kier molecular flexibility index (Phi) is 16.7. The highest BCUT2D eigenvalue weighted by Gasteiger charge is 2.31. The molecule has 0 aromatic heterocycles. The lowest BCUT2D eigenvalue weighted by molar-refractivity contribution is -0.152. The van der Waals surface area contributed by atoms with Gasteiger partial charge in [0.15, 0.2) is 0 Å². The SMILES string of the molecule is CC(C)C(NC(=O)OC(C)(C)C)C(=O)NC(CCCNC(N)=O)C(=O)Nc1ccc(CCN(C)C(C(=O)OCc2ccccc2)C(C)C)cc1. The maximum absolute atomic E-state index is 13.4. The summed E-state index contributed by atoms with van der Waals surface area (Å²) in [5.74, 6) is -1.53. The molecule has 50 heavy (non-hydrogen) atoms. The summed E-state index contributed by atoms with van der Waals surface area (Å²) in [4.78, 5) is 65.3. The Morgan fingerprint density at radius 1 is 0.840 bits per heavy atom. The van der Waals surface area contributed by atoms with Crippen LogP contribution >= 0.6 is 0 Å². The molecule has 0 heterocycles. The molecule has 0 aliphatic carbocycles. The van der Waals surface area contributed by atoms with E-state index in [4.69, 9.17) is 15.2 Å². The van der Waals surface area contributed by atoms with Crippen LogP contribution in [0.5, 0.6) is 0 Å². The third-order valence-corrected chi connectivity index (χ3v) is 7.77. The maximum Gasteiger partial charge on any atom is 0.408 e. The minimum atomic E-state index is -0.971. The van der Waals surface area contributed by atoms with Crippen LogP contribution in [0.1, 0.15) is 72.4 Å². The molecule has 0 saturated carbocycles. The summed E-state index contributed by atoms with van der Waals surface area (Å²) < 4.78 is 10.9. The van der Waals surface area contributed by atoms with Crippen molar-refractivity contribution < 1.29 is 33.4 Å². The van der Waals surface area contributed by atoms with E-state index in [9.17, 15) is 24.0 Å². The summed E-state index contributed by atoms with van der Waals surface area (Å²) in [6.45, 7) is 13.7. The number of nitrogens with zero attached hydrogens (tertiary/aromatic N) is 1. The predicted molar refractivity (Wildman–Crippen MR) is 193 cm³/mol. The van der Waals surface area contributed by atoms with Gasteiger partial charge in [0.1, 0.15) is 30.3 Å². The van der Waals surface area contributed by atoms with Gasteiger partial charge in [-0.05, 0) is 82.2 Å². The molecule has 2 rings (SSSR count). The highest BCUT2D eigenvalue weighted by molar-refractivity contribution is 5.98. The minimum Gasteiger partial charge on any atom is -0.460 e. The number of nitrogens with two attached hydrogens (primary N) is 1. The van der Waals surface area contributed by atoms with Crippen molar-refractivity contribution in [1.82, 2.24) is 20.9 Å². The number of carbonyl (C=O) groups excluding carboxylic acids is 5. The van der Waals surface area contributed by atoms with Crippen LogP contribution in [0.4, 0.5) is 15.3 Å². The van der Waals surface area contributed by atoms with E-state index >= 15 is 0 Å². The second-order valence-electron chi connectivity index (χ2n) is 14.1. The summed E-state index contributed by atoms with van der Waals surface area (Å²) in [7, 11) is 1.91. The summed E-state index contributed by atoms with van der Waals surface area (Å²) in [6.07, 6.45) is 0.473. The number of rotatable bonds is 18. The van der Waals surface area contributed by atoms with Crippen LogP contribution in [0.3, 0.4) is 0 Å². The topological polar surface area (TPSA) is 181 Å². The van der Waals surface area contributed by atoms with E-state index < -0.39 is 47.7 Å². The summed E-state index contributed by atoms with van der Waals surface area (Å²) >= 11 is 0. The number of amides is 5. The molecule has 0 fully saturated rings. The average Bonchev–Trinajstić information content (AvgIpc) is 3.03. The van der Waals surface area contributed by atoms with E-state index in [-0.39, 0.29) is 37.4 Å². The van der Waals surface area contributed by atoms with Crippen LogP contribution in [0.25, 0.3) is 0 Å². The monoisotopic (exact) mass is 696 g/mol. The fourth-order valence-corrected chi connectivity index (χ4v) is 5.22. The van der Waals surface area contributed by atoms with Gasteiger partial charge >= 0.3 is 18.1 Å². The first-order valence-electron chi connectivity index (χ1n) is 17.1. The number of ether oxygens (including phenoxy) is 2. The number of alkyl carbamates (subject to hydrolysis) is 1. The smallest absolute Gasteiger partial charge is 0.408 e. The quantitative estimate of drug-likeness (QED) is 0.113. The second kappa shape index (κ2) is 20.1. The molecule has 5 amide bonds. The minimum absolute atomic E-state index is 0.0461. The zero-order valence-electron chi connectivity index (χ0n) is 30.7. The molecule has 0 aliphatic heterocycles. The second-order valence-corrected chi connectivity index (χ2v) is 14.1. The Hall–Kier alpha value is -4.65. The van der Waals surface area contributed by atoms with E-state index in [1.807, 2.05) is 68.3 Å². The largest absolute Gasteiger partial charge is 0.460 e. The number of primary amides is 1. The molecule has 276 valence electrons. The zero-order chi connectivity index (χ0) is 37.4. The van der Waals surface area contributed by atoms with Crippen molar-refractivity contribution in [2.24, 2.45) is 17.6 Å². The highest BCUT2D eigenvalue weighted by Crippen LogP contribution is 2.16. The normalized spacial score (nSPS) is 13.3. The Bertz CT molecular complexity index is 1390. The number of nitrogens with one attached hydrogen (secondary N) is 4. The van der Waals surface area contributed by atoms with Gasteiger partial charge in [0.25, 0.3) is 0 Å². The van der Waals surface area contributed by atoms with Crippen molar-refractivity contribution in [1.29, 1.82) is 0 Å². The van der Waals surface area contributed by atoms with Gasteiger partial charge in [0, 0.05) is 18.8 Å². The van der Waals surface area contributed by atoms with Crippen LogP contribution in [0.15, 0.2) is 54.6 Å². The third-order valence-electron chi connectivity index (χ3n) is 7.77. The molecule has 3 unspecified atom stereocenters. The lowest BCUT2D eigenvalue weighted by atomic mass is 10.0. The number of hydrogen-bond donors (Lipinski definition) is 5. The fourth-order valence-electron chi connectivity index (χ4n) is 5.22. The number of esters is 1. The van der Waals surface area contributed by atoms with Crippen LogP contribution in [-0.4, -0.2) is 78.7 Å². The molecule has 0 saturated heterocycles. The van der Waals surface area contributed by atoms with Gasteiger partial charge in [-0.2, -0.15) is 0 Å². The summed E-state index contributed by atoms with van der Waals surface area (Å²) in [5.41, 5.74) is 6.87. The lowest BCUT2D eigenvalue weighted by Crippen LogP contribution is -2.55. The first-order chi connectivity index (χ1) is 23.5. The number of benzene rings is 2. The van der Waals surface area contributed by atoms with E-state index in [0.717, 1.165) is 11.1 Å². The standard InChI is InChI=1S/C37H56N6O7/c1-24(2)30(42-36(48)50-37(5,6)7)33(45)41-29(15-12-21-39-35(38)47)32(44)40-28-18-16-26(17-19-28)20-22-43(8)31(25(3)4)34(46)49-23-27-13-10-9-11-14-27/h9-11,13-14,16-19,24-25,29-31H,12,15,20-23H2,1-8H3,(H,40,44)(H,41,45)(H,42,48)(H3,38,39,47). The van der Waals surface area contributed by atoms with Crippen LogP contribution < -0.4 is 27.0 Å². The number of carbonyl (C=O) groups is 5. The molecular formula is C37H56N6O7. The van der Waals surface area contributed by atoms with Crippen LogP contribution in [-0.2, 0) is 36.9 Å². The molecule has 6 N–H and O–H groups in total. The van der Waals surface area contributed by atoms with Gasteiger partial charge in [-0.1, -0.05) is 70.2 Å². The Labute approximate surface area is 296 Å². The van der Waals surface area contributed by atoms with Crippen molar-refractivity contribution in [3.8, 4) is 0 Å². The number of anilines is 1. The van der Waals surface area contributed by atoms with Gasteiger partial charge in [0.05, 0.1) is 0 Å². The molecule has 2 aromatic carbocycles. The zero-order valence-corrected chi connectivity index (χ0v) is 30.7. The maximum atomic E-state index is 13.4. The fraction of sp³-hybridized carbons (Fsp3) is 0.541. The van der Waals surface area contributed by atoms with Crippen LogP contribution in [0.2, 0.25) is 0 Å². The number of hydrogen-bond acceptors (Lipinski definition) is 8. The van der Waals surface area contributed by atoms with Crippen molar-refractivity contribution in [3.05, 3.63) is 65.7 Å². The Morgan fingerprint density at radius 3 is 2.04 bits per heavy atom. The first-order valence-corrected chi connectivity index (χ1v) is 17.1. The molecule has 0 spiro atoms. The molecule has 13 heteroatoms. The highest BCUT2D eigenvalue weighted by atomic mass is 16.6. The molecule has 13 nitrogen and oxygen atoms in total. The van der Waals surface area contributed by atoms with Gasteiger partial charge in [-0.3, -0.25) is 19.3 Å². The predicted octanol–water partition coefficient (Wildman–Crippen LogP) is 4.35. The van der Waals surface area contributed by atoms with Crippen molar-refractivity contribution in [2.45, 2.75) is 98.1 Å². The Balaban J connectivity index is 2.04. The van der Waals surface area contributed by atoms with E-state index in [1.165, 1.54) is 0 Å². The first kappa shape index (κ1) is 41.5. The van der Waals surface area contributed by atoms with Gasteiger partial charge < -0.3 is 36.5 Å². The summed E-state index contributed by atoms with van der Waals surface area (Å²) in [6, 6.07) is 13.9. The summed E-state index contributed by atoms with van der Waals surface area (Å²) in [5, 5.41) is 10.7. The lowest BCUT2D eigenvalue weighted by Gasteiger charge is -2.29. The molecular weight excluding hydrogens is 640 g/mol. The van der Waals surface area contributed by atoms with Crippen molar-refractivity contribution in [3.63, 3.8) is 0 Å². The van der Waals surface area contributed by atoms with E-state index in [2.05, 4.69) is 21.3 Å². The molecule has 3 atom stereocenters. The average molecular weight is 697 g/mol. The number of likely N-dealkylation sites (N-methyl/N-ethyl adjacent to an activating group) is 1. The van der Waals surface area contributed by atoms with E-state index in [0.29, 0.717) is 25.1 Å². The molecule has 0 aliphatic rings. The molecule has 0 radical (unpaired) electrons.